The number of rotatable bonds is 5. The van der Waals surface area contributed by atoms with Crippen LogP contribution in [0.1, 0.15) is 0 Å². The smallest absolute Gasteiger partial charge is 0.167 e. The Kier molecular flexibility index (Phi) is 6.78. The van der Waals surface area contributed by atoms with Gasteiger partial charge in [-0.3, -0.25) is 0 Å². The second-order valence-electron chi connectivity index (χ2n) is 12.8. The van der Waals surface area contributed by atoms with Crippen molar-refractivity contribution in [2.75, 3.05) is 0 Å². The number of aromatic nitrogens is 3. The van der Waals surface area contributed by atoms with E-state index < -0.39 is 0 Å². The molecule has 8 aromatic carbocycles. The third-order valence-corrected chi connectivity index (χ3v) is 9.69. The van der Waals surface area contributed by atoms with Crippen LogP contribution in [0.3, 0.4) is 0 Å². The number of nitrogens with zero attached hydrogens (tertiary/aromatic N) is 3. The van der Waals surface area contributed by atoms with Gasteiger partial charge in [-0.15, -0.1) is 0 Å². The van der Waals surface area contributed by atoms with Crippen LogP contribution in [0.4, 0.5) is 0 Å². The molecule has 0 N–H and O–H groups in total. The van der Waals surface area contributed by atoms with Crippen LogP contribution >= 0.6 is 0 Å². The third kappa shape index (κ3) is 5.04. The summed E-state index contributed by atoms with van der Waals surface area (Å²) in [5.41, 5.74) is 8.84. The van der Waals surface area contributed by atoms with E-state index in [0.717, 1.165) is 71.3 Å². The lowest BCUT2D eigenvalue weighted by molar-refractivity contribution is 0.671. The van der Waals surface area contributed by atoms with E-state index in [1.807, 2.05) is 48.5 Å². The summed E-state index contributed by atoms with van der Waals surface area (Å²) < 4.78 is 6.93. The maximum absolute atomic E-state index is 6.93. The number of hydrogen-bond donors (Lipinski definition) is 0. The number of benzene rings is 8. The van der Waals surface area contributed by atoms with Gasteiger partial charge in [0.05, 0.1) is 5.56 Å². The Morgan fingerprint density at radius 1 is 0.314 bits per heavy atom. The van der Waals surface area contributed by atoms with Crippen molar-refractivity contribution in [1.29, 1.82) is 0 Å². The monoisotopic (exact) mass is 651 g/mol. The molecule has 238 valence electrons. The van der Waals surface area contributed by atoms with E-state index in [4.69, 9.17) is 19.4 Å². The summed E-state index contributed by atoms with van der Waals surface area (Å²) in [6.45, 7) is 0. The normalized spacial score (nSPS) is 11.5. The van der Waals surface area contributed by atoms with E-state index in [1.54, 1.807) is 0 Å². The molecular weight excluding hydrogens is 623 g/mol. The highest BCUT2D eigenvalue weighted by atomic mass is 16.3. The molecule has 0 aliphatic heterocycles. The molecular formula is C47H29N3O. The first-order valence-electron chi connectivity index (χ1n) is 17.1. The van der Waals surface area contributed by atoms with E-state index in [2.05, 4.69) is 127 Å². The van der Waals surface area contributed by atoms with Crippen molar-refractivity contribution in [1.82, 2.24) is 15.0 Å². The number of fused-ring (bicyclic) bond motifs is 5. The Morgan fingerprint density at radius 3 is 1.63 bits per heavy atom. The average Bonchev–Trinajstić information content (AvgIpc) is 3.58. The molecule has 10 rings (SSSR count). The van der Waals surface area contributed by atoms with Gasteiger partial charge in [-0.1, -0.05) is 152 Å². The van der Waals surface area contributed by atoms with Crippen molar-refractivity contribution in [2.45, 2.75) is 0 Å². The molecule has 0 aliphatic rings. The second-order valence-corrected chi connectivity index (χ2v) is 12.8. The molecule has 0 saturated heterocycles. The van der Waals surface area contributed by atoms with E-state index in [-0.39, 0.29) is 0 Å². The minimum atomic E-state index is 0.564. The van der Waals surface area contributed by atoms with E-state index in [0.29, 0.717) is 17.5 Å². The van der Waals surface area contributed by atoms with Crippen molar-refractivity contribution in [3.8, 4) is 56.4 Å². The van der Waals surface area contributed by atoms with Gasteiger partial charge in [0.25, 0.3) is 0 Å². The Morgan fingerprint density at radius 2 is 0.882 bits per heavy atom. The number of furan rings is 1. The molecule has 10 aromatic rings. The molecule has 4 nitrogen and oxygen atoms in total. The molecule has 0 amide bonds. The van der Waals surface area contributed by atoms with Crippen molar-refractivity contribution in [3.63, 3.8) is 0 Å². The lowest BCUT2D eigenvalue weighted by Gasteiger charge is -2.10. The van der Waals surface area contributed by atoms with Crippen molar-refractivity contribution < 1.29 is 4.42 Å². The lowest BCUT2D eigenvalue weighted by atomic mass is 9.95. The Bertz CT molecular complexity index is 2900. The summed E-state index contributed by atoms with van der Waals surface area (Å²) in [4.78, 5) is 15.3. The molecule has 2 heterocycles. The van der Waals surface area contributed by atoms with Crippen LogP contribution < -0.4 is 0 Å². The molecule has 0 saturated carbocycles. The zero-order valence-corrected chi connectivity index (χ0v) is 27.5. The van der Waals surface area contributed by atoms with Crippen LogP contribution in [0.5, 0.6) is 0 Å². The summed E-state index contributed by atoms with van der Waals surface area (Å²) in [5.74, 6) is 1.78. The number of hydrogen-bond acceptors (Lipinski definition) is 4. The molecule has 0 bridgehead atoms. The largest absolute Gasteiger partial charge is 0.455 e. The molecule has 0 spiro atoms. The lowest BCUT2D eigenvalue weighted by Crippen LogP contribution is -2.00. The first-order chi connectivity index (χ1) is 25.3. The molecule has 0 radical (unpaired) electrons. The Balaban J connectivity index is 1.18. The van der Waals surface area contributed by atoms with Gasteiger partial charge in [0.1, 0.15) is 11.2 Å². The summed E-state index contributed by atoms with van der Waals surface area (Å²) >= 11 is 0. The van der Waals surface area contributed by atoms with Gasteiger partial charge in [-0.25, -0.2) is 15.0 Å². The highest BCUT2D eigenvalue weighted by Crippen LogP contribution is 2.43. The molecule has 4 heteroatoms. The highest BCUT2D eigenvalue weighted by Gasteiger charge is 2.21. The van der Waals surface area contributed by atoms with Crippen LogP contribution in [0, 0.1) is 0 Å². The second kappa shape index (κ2) is 11.9. The fourth-order valence-electron chi connectivity index (χ4n) is 7.20. The molecule has 2 aromatic heterocycles. The van der Waals surface area contributed by atoms with Gasteiger partial charge in [0.15, 0.2) is 17.5 Å². The fourth-order valence-corrected chi connectivity index (χ4v) is 7.20. The Labute approximate surface area is 294 Å². The third-order valence-electron chi connectivity index (χ3n) is 9.69. The zero-order chi connectivity index (χ0) is 33.7. The van der Waals surface area contributed by atoms with E-state index in [1.165, 1.54) is 11.1 Å². The van der Waals surface area contributed by atoms with Crippen LogP contribution in [-0.4, -0.2) is 15.0 Å². The molecule has 0 fully saturated rings. The van der Waals surface area contributed by atoms with Gasteiger partial charge < -0.3 is 4.42 Å². The fraction of sp³-hybridized carbons (Fsp3) is 0. The van der Waals surface area contributed by atoms with Crippen LogP contribution in [0.15, 0.2) is 180 Å². The minimum Gasteiger partial charge on any atom is -0.455 e. The minimum absolute atomic E-state index is 0.564. The van der Waals surface area contributed by atoms with Gasteiger partial charge in [0.2, 0.25) is 0 Å². The summed E-state index contributed by atoms with van der Waals surface area (Å²) in [5, 5.41) is 6.68. The van der Waals surface area contributed by atoms with Crippen molar-refractivity contribution in [2.24, 2.45) is 0 Å². The first-order valence-corrected chi connectivity index (χ1v) is 17.1. The van der Waals surface area contributed by atoms with Crippen LogP contribution in [0.2, 0.25) is 0 Å². The van der Waals surface area contributed by atoms with Crippen molar-refractivity contribution in [3.05, 3.63) is 176 Å². The zero-order valence-electron chi connectivity index (χ0n) is 27.5. The predicted octanol–water partition coefficient (Wildman–Crippen LogP) is 12.4. The van der Waals surface area contributed by atoms with Crippen LogP contribution in [0.25, 0.3) is 99.9 Å². The summed E-state index contributed by atoms with van der Waals surface area (Å²) in [7, 11) is 0. The van der Waals surface area contributed by atoms with Gasteiger partial charge in [0, 0.05) is 27.5 Å². The number of para-hydroxylation sites is 1. The average molecular weight is 652 g/mol. The first kappa shape index (κ1) is 29.0. The SMILES string of the molecule is c1ccc(-c2ccc3cc(-c4nc(-c5ccccc5)nc(-c5cccc6c5oc5c(-c7ccccc7)c7ccccc7cc56)n4)ccc3c2)cc1. The van der Waals surface area contributed by atoms with Gasteiger partial charge in [-0.05, 0) is 62.5 Å². The van der Waals surface area contributed by atoms with Gasteiger partial charge in [-0.2, -0.15) is 0 Å². The van der Waals surface area contributed by atoms with E-state index in [9.17, 15) is 0 Å². The standard InChI is InChI=1S/C47H29N3O/c1-4-13-30(14-5-1)33-23-24-35-28-37(26-25-34(35)27-33)46-48-45(32-17-8-3-9-18-32)49-47(50-46)40-22-12-21-39-41-29-36-19-10-11-20-38(36)42(44(41)51-43(39)40)31-15-6-2-7-16-31/h1-29H. The maximum Gasteiger partial charge on any atom is 0.167 e. The van der Waals surface area contributed by atoms with Crippen molar-refractivity contribution >= 4 is 43.5 Å². The summed E-state index contributed by atoms with van der Waals surface area (Å²) in [6, 6.07) is 61.0. The molecule has 0 aliphatic carbocycles. The summed E-state index contributed by atoms with van der Waals surface area (Å²) in [6.07, 6.45) is 0. The maximum atomic E-state index is 6.93. The topological polar surface area (TPSA) is 51.8 Å². The highest BCUT2D eigenvalue weighted by molar-refractivity contribution is 6.19. The molecule has 0 atom stereocenters. The van der Waals surface area contributed by atoms with E-state index >= 15 is 0 Å². The van der Waals surface area contributed by atoms with Gasteiger partial charge >= 0.3 is 0 Å². The molecule has 0 unspecified atom stereocenters. The van der Waals surface area contributed by atoms with Crippen LogP contribution in [-0.2, 0) is 0 Å². The quantitative estimate of drug-likeness (QED) is 0.186. The Hall–Kier alpha value is -6.91. The predicted molar refractivity (Wildman–Crippen MR) is 209 cm³/mol. The molecule has 51 heavy (non-hydrogen) atoms.